The molecule has 0 bridgehead atoms. The number of amides is 1. The van der Waals surface area contributed by atoms with E-state index in [2.05, 4.69) is 5.32 Å². The summed E-state index contributed by atoms with van der Waals surface area (Å²) in [5, 5.41) is 13.1. The first kappa shape index (κ1) is 14.8. The van der Waals surface area contributed by atoms with Crippen LogP contribution in [0.4, 0.5) is 0 Å². The van der Waals surface area contributed by atoms with Gasteiger partial charge in [-0.1, -0.05) is 6.07 Å². The van der Waals surface area contributed by atoms with E-state index in [4.69, 9.17) is 9.47 Å². The van der Waals surface area contributed by atoms with Crippen LogP contribution in [0, 0.1) is 6.92 Å². The minimum Gasteiger partial charge on any atom is -0.496 e. The van der Waals surface area contributed by atoms with Gasteiger partial charge in [-0.05, 0) is 24.6 Å². The predicted octanol–water partition coefficient (Wildman–Crippen LogP) is 1.27. The fourth-order valence-electron chi connectivity index (χ4n) is 2.24. The van der Waals surface area contributed by atoms with Gasteiger partial charge >= 0.3 is 0 Å². The minimum absolute atomic E-state index is 0.205. The lowest BCUT2D eigenvalue weighted by Gasteiger charge is -2.32. The number of hydrogen-bond donors (Lipinski definition) is 2. The zero-order chi connectivity index (χ0) is 14.6. The van der Waals surface area contributed by atoms with E-state index < -0.39 is 5.60 Å². The molecule has 0 aromatic heterocycles. The lowest BCUT2D eigenvalue weighted by atomic mass is 9.94. The molecule has 1 heterocycles. The molecule has 0 aliphatic carbocycles. The first-order chi connectivity index (χ1) is 9.54. The minimum atomic E-state index is -0.858. The molecule has 2 rings (SSSR count). The van der Waals surface area contributed by atoms with Crippen LogP contribution >= 0.6 is 0 Å². The Morgan fingerprint density at radius 1 is 1.45 bits per heavy atom. The van der Waals surface area contributed by atoms with E-state index in [0.717, 1.165) is 5.56 Å². The van der Waals surface area contributed by atoms with Gasteiger partial charge in [0.05, 0.1) is 12.7 Å². The highest BCUT2D eigenvalue weighted by Crippen LogP contribution is 2.21. The molecule has 0 spiro atoms. The van der Waals surface area contributed by atoms with Crippen LogP contribution in [0.5, 0.6) is 5.75 Å². The summed E-state index contributed by atoms with van der Waals surface area (Å²) in [4.78, 5) is 12.1. The summed E-state index contributed by atoms with van der Waals surface area (Å²) in [6.07, 6.45) is 1.09. The second-order valence-corrected chi connectivity index (χ2v) is 5.20. The Labute approximate surface area is 118 Å². The third-order valence-corrected chi connectivity index (χ3v) is 3.67. The summed E-state index contributed by atoms with van der Waals surface area (Å²) < 4.78 is 10.4. The average molecular weight is 279 g/mol. The van der Waals surface area contributed by atoms with Crippen molar-refractivity contribution in [1.29, 1.82) is 0 Å². The van der Waals surface area contributed by atoms with Crippen LogP contribution in [0.15, 0.2) is 18.2 Å². The topological polar surface area (TPSA) is 67.8 Å². The molecule has 110 valence electrons. The third kappa shape index (κ3) is 3.49. The number of aryl methyl sites for hydroxylation is 1. The van der Waals surface area contributed by atoms with E-state index in [1.54, 1.807) is 19.2 Å². The van der Waals surface area contributed by atoms with Crippen molar-refractivity contribution >= 4 is 5.91 Å². The summed E-state index contributed by atoms with van der Waals surface area (Å²) in [5.74, 6) is 0.477. The van der Waals surface area contributed by atoms with Gasteiger partial charge in [-0.2, -0.15) is 0 Å². The standard InChI is InChI=1S/C15H21NO4/c1-11-3-4-12(9-13(11)19-2)14(17)16-10-15(18)5-7-20-8-6-15/h3-4,9,18H,5-8,10H2,1-2H3,(H,16,17). The maximum atomic E-state index is 12.1. The van der Waals surface area contributed by atoms with Crippen LogP contribution < -0.4 is 10.1 Å². The number of rotatable bonds is 4. The molecule has 1 amide bonds. The lowest BCUT2D eigenvalue weighted by molar-refractivity contribution is -0.0605. The normalized spacial score (nSPS) is 17.6. The van der Waals surface area contributed by atoms with Crippen molar-refractivity contribution in [3.05, 3.63) is 29.3 Å². The van der Waals surface area contributed by atoms with Gasteiger partial charge in [-0.3, -0.25) is 4.79 Å². The number of aliphatic hydroxyl groups is 1. The summed E-state index contributed by atoms with van der Waals surface area (Å²) >= 11 is 0. The Morgan fingerprint density at radius 3 is 2.80 bits per heavy atom. The van der Waals surface area contributed by atoms with Gasteiger partial charge in [0.25, 0.3) is 5.91 Å². The molecule has 1 saturated heterocycles. The number of benzene rings is 1. The molecule has 1 aromatic carbocycles. The summed E-state index contributed by atoms with van der Waals surface area (Å²) in [6, 6.07) is 5.30. The smallest absolute Gasteiger partial charge is 0.251 e. The number of ether oxygens (including phenoxy) is 2. The quantitative estimate of drug-likeness (QED) is 0.871. The number of carbonyl (C=O) groups excluding carboxylic acids is 1. The molecule has 20 heavy (non-hydrogen) atoms. The molecular weight excluding hydrogens is 258 g/mol. The molecular formula is C15H21NO4. The van der Waals surface area contributed by atoms with Crippen molar-refractivity contribution in [2.24, 2.45) is 0 Å². The molecule has 1 aromatic rings. The Bertz CT molecular complexity index is 481. The molecule has 2 N–H and O–H groups in total. The number of methoxy groups -OCH3 is 1. The van der Waals surface area contributed by atoms with Crippen LogP contribution in [0.2, 0.25) is 0 Å². The molecule has 5 nitrogen and oxygen atoms in total. The fourth-order valence-corrected chi connectivity index (χ4v) is 2.24. The van der Waals surface area contributed by atoms with Crippen molar-refractivity contribution in [2.75, 3.05) is 26.9 Å². The first-order valence-electron chi connectivity index (χ1n) is 6.77. The molecule has 0 saturated carbocycles. The molecule has 5 heteroatoms. The highest BCUT2D eigenvalue weighted by molar-refractivity contribution is 5.94. The molecule has 0 radical (unpaired) electrons. The van der Waals surface area contributed by atoms with Gasteiger partial charge in [0, 0.05) is 38.2 Å². The van der Waals surface area contributed by atoms with Crippen LogP contribution in [0.1, 0.15) is 28.8 Å². The van der Waals surface area contributed by atoms with E-state index in [1.165, 1.54) is 0 Å². The second kappa shape index (κ2) is 6.24. The molecule has 0 atom stereocenters. The van der Waals surface area contributed by atoms with E-state index in [9.17, 15) is 9.90 Å². The summed E-state index contributed by atoms with van der Waals surface area (Å²) in [7, 11) is 1.58. The van der Waals surface area contributed by atoms with Crippen LogP contribution in [-0.4, -0.2) is 43.5 Å². The second-order valence-electron chi connectivity index (χ2n) is 5.20. The van der Waals surface area contributed by atoms with Gasteiger partial charge < -0.3 is 19.9 Å². The zero-order valence-corrected chi connectivity index (χ0v) is 11.9. The SMILES string of the molecule is COc1cc(C(=O)NCC2(O)CCOCC2)ccc1C. The van der Waals surface area contributed by atoms with Gasteiger partial charge in [-0.15, -0.1) is 0 Å². The number of nitrogens with one attached hydrogen (secondary N) is 1. The monoisotopic (exact) mass is 279 g/mol. The average Bonchev–Trinajstić information content (AvgIpc) is 2.46. The lowest BCUT2D eigenvalue weighted by Crippen LogP contribution is -2.46. The Balaban J connectivity index is 1.98. The van der Waals surface area contributed by atoms with Crippen molar-refractivity contribution < 1.29 is 19.4 Å². The zero-order valence-electron chi connectivity index (χ0n) is 11.9. The highest BCUT2D eigenvalue weighted by Gasteiger charge is 2.30. The van der Waals surface area contributed by atoms with Crippen LogP contribution in [0.3, 0.4) is 0 Å². The summed E-state index contributed by atoms with van der Waals surface area (Å²) in [6.45, 7) is 3.23. The predicted molar refractivity (Wildman–Crippen MR) is 75.1 cm³/mol. The van der Waals surface area contributed by atoms with E-state index in [1.807, 2.05) is 13.0 Å². The van der Waals surface area contributed by atoms with E-state index >= 15 is 0 Å². The molecule has 1 fully saturated rings. The van der Waals surface area contributed by atoms with Gasteiger partial charge in [0.2, 0.25) is 0 Å². The molecule has 1 aliphatic rings. The Hall–Kier alpha value is -1.59. The third-order valence-electron chi connectivity index (χ3n) is 3.67. The fraction of sp³-hybridized carbons (Fsp3) is 0.533. The largest absolute Gasteiger partial charge is 0.496 e. The number of carbonyl (C=O) groups is 1. The first-order valence-corrected chi connectivity index (χ1v) is 6.77. The molecule has 1 aliphatic heterocycles. The van der Waals surface area contributed by atoms with Gasteiger partial charge in [-0.25, -0.2) is 0 Å². The highest BCUT2D eigenvalue weighted by atomic mass is 16.5. The van der Waals surface area contributed by atoms with Crippen molar-refractivity contribution in [1.82, 2.24) is 5.32 Å². The number of hydrogen-bond acceptors (Lipinski definition) is 4. The maximum absolute atomic E-state index is 12.1. The van der Waals surface area contributed by atoms with E-state index in [-0.39, 0.29) is 12.5 Å². The molecule has 0 unspecified atom stereocenters. The summed E-state index contributed by atoms with van der Waals surface area (Å²) in [5.41, 5.74) is 0.651. The maximum Gasteiger partial charge on any atom is 0.251 e. The Kier molecular flexibility index (Phi) is 4.62. The van der Waals surface area contributed by atoms with Crippen molar-refractivity contribution in [3.63, 3.8) is 0 Å². The van der Waals surface area contributed by atoms with Crippen LogP contribution in [0.25, 0.3) is 0 Å². The van der Waals surface area contributed by atoms with Crippen molar-refractivity contribution in [3.8, 4) is 5.75 Å². The van der Waals surface area contributed by atoms with E-state index in [0.29, 0.717) is 37.4 Å². The Morgan fingerprint density at radius 2 is 2.15 bits per heavy atom. The van der Waals surface area contributed by atoms with Crippen LogP contribution in [-0.2, 0) is 4.74 Å². The van der Waals surface area contributed by atoms with Gasteiger partial charge in [0.15, 0.2) is 0 Å². The van der Waals surface area contributed by atoms with Crippen molar-refractivity contribution in [2.45, 2.75) is 25.4 Å². The van der Waals surface area contributed by atoms with Gasteiger partial charge in [0.1, 0.15) is 5.75 Å².